The summed E-state index contributed by atoms with van der Waals surface area (Å²) in [5, 5.41) is 1.07. The third-order valence-electron chi connectivity index (χ3n) is 7.61. The molecule has 0 saturated carbocycles. The lowest BCUT2D eigenvalue weighted by atomic mass is 10.1. The second-order valence-corrected chi connectivity index (χ2v) is 10.2. The Labute approximate surface area is 222 Å². The van der Waals surface area contributed by atoms with E-state index in [1.165, 1.54) is 0 Å². The fraction of sp³-hybridized carbons (Fsp3) is 0.258. The molecule has 2 aliphatic rings. The Bertz CT molecular complexity index is 1390. The lowest BCUT2D eigenvalue weighted by molar-refractivity contribution is 0.0854. The maximum Gasteiger partial charge on any atom is 0.329 e. The van der Waals surface area contributed by atoms with E-state index in [0.717, 1.165) is 40.7 Å². The number of hydrogen-bond donors (Lipinski definition) is 0. The van der Waals surface area contributed by atoms with Gasteiger partial charge in [-0.3, -0.25) is 9.88 Å². The molecule has 2 aliphatic heterocycles. The van der Waals surface area contributed by atoms with Gasteiger partial charge in [-0.05, 0) is 60.9 Å². The monoisotopic (exact) mass is 505 g/mol. The van der Waals surface area contributed by atoms with E-state index in [2.05, 4.69) is 11.1 Å². The van der Waals surface area contributed by atoms with Crippen molar-refractivity contribution in [3.63, 3.8) is 0 Å². The molecule has 4 aromatic rings. The van der Waals surface area contributed by atoms with E-state index in [0.29, 0.717) is 19.6 Å². The second kappa shape index (κ2) is 10.2. The SMILES string of the molecule is CN(Cc1ccc2ncccc2c1)C(=O)N1[C@@H]2CC[C@H]1CN(C(=O)N(c1ccccc1)c1ccccc1)C2. The van der Waals surface area contributed by atoms with Crippen LogP contribution in [0.1, 0.15) is 18.4 Å². The number of piperazine rings is 1. The number of amides is 4. The van der Waals surface area contributed by atoms with Crippen molar-refractivity contribution in [1.29, 1.82) is 0 Å². The van der Waals surface area contributed by atoms with Crippen LogP contribution in [0.2, 0.25) is 0 Å². The van der Waals surface area contributed by atoms with Gasteiger partial charge in [0.1, 0.15) is 0 Å². The maximum atomic E-state index is 13.9. The van der Waals surface area contributed by atoms with Crippen LogP contribution >= 0.6 is 0 Å². The van der Waals surface area contributed by atoms with Crippen molar-refractivity contribution in [3.05, 3.63) is 103 Å². The normalized spacial score (nSPS) is 18.4. The van der Waals surface area contributed by atoms with Crippen molar-refractivity contribution in [2.75, 3.05) is 25.0 Å². The first-order valence-corrected chi connectivity index (χ1v) is 13.1. The fourth-order valence-corrected chi connectivity index (χ4v) is 5.80. The number of carbonyl (C=O) groups is 2. The molecule has 3 heterocycles. The summed E-state index contributed by atoms with van der Waals surface area (Å²) in [6, 6.07) is 29.6. The van der Waals surface area contributed by atoms with Crippen LogP contribution in [-0.4, -0.2) is 64.0 Å². The standard InChI is InChI=1S/C31H31N5O2/c1-33(20-23-14-17-29-24(19-23)9-8-18-32-29)30(37)36-27-15-16-28(36)22-34(21-27)31(38)35(25-10-4-2-5-11-25)26-12-6-3-7-13-26/h2-14,17-19,27-28H,15-16,20-22H2,1H3/t27-,28+. The lowest BCUT2D eigenvalue weighted by Crippen LogP contribution is -2.60. The number of fused-ring (bicyclic) bond motifs is 3. The van der Waals surface area contributed by atoms with Gasteiger partial charge in [0.2, 0.25) is 0 Å². The molecule has 2 saturated heterocycles. The predicted molar refractivity (Wildman–Crippen MR) is 149 cm³/mol. The molecule has 0 spiro atoms. The van der Waals surface area contributed by atoms with Gasteiger partial charge in [0.25, 0.3) is 0 Å². The van der Waals surface area contributed by atoms with Crippen molar-refractivity contribution < 1.29 is 9.59 Å². The largest absolute Gasteiger partial charge is 0.329 e. The van der Waals surface area contributed by atoms with Crippen LogP contribution in [0.15, 0.2) is 97.2 Å². The molecule has 4 amide bonds. The molecular weight excluding hydrogens is 474 g/mol. The number of aromatic nitrogens is 1. The molecule has 0 radical (unpaired) electrons. The van der Waals surface area contributed by atoms with Gasteiger partial charge in [0.15, 0.2) is 0 Å². The third kappa shape index (κ3) is 4.56. The highest BCUT2D eigenvalue weighted by atomic mass is 16.2. The summed E-state index contributed by atoms with van der Waals surface area (Å²) in [5.41, 5.74) is 3.69. The summed E-state index contributed by atoms with van der Waals surface area (Å²) in [6.07, 6.45) is 3.61. The van der Waals surface area contributed by atoms with E-state index in [4.69, 9.17) is 0 Å². The lowest BCUT2D eigenvalue weighted by Gasteiger charge is -2.43. The molecule has 6 rings (SSSR count). The number of pyridine rings is 1. The molecule has 3 aromatic carbocycles. The predicted octanol–water partition coefficient (Wildman–Crippen LogP) is 5.89. The quantitative estimate of drug-likeness (QED) is 0.347. The highest BCUT2D eigenvalue weighted by Crippen LogP contribution is 2.34. The number of urea groups is 2. The molecule has 192 valence electrons. The Morgan fingerprint density at radius 3 is 2.08 bits per heavy atom. The van der Waals surface area contributed by atoms with Crippen molar-refractivity contribution in [2.45, 2.75) is 31.5 Å². The Morgan fingerprint density at radius 1 is 0.816 bits per heavy atom. The number of para-hydroxylation sites is 2. The number of anilines is 2. The molecule has 2 bridgehead atoms. The molecule has 2 fully saturated rings. The average Bonchev–Trinajstić information content (AvgIpc) is 3.22. The molecule has 2 atom stereocenters. The first kappa shape index (κ1) is 24.0. The van der Waals surface area contributed by atoms with Crippen LogP contribution < -0.4 is 4.90 Å². The first-order chi connectivity index (χ1) is 18.6. The van der Waals surface area contributed by atoms with Gasteiger partial charge in [-0.25, -0.2) is 9.59 Å². The molecule has 0 unspecified atom stereocenters. The Kier molecular flexibility index (Phi) is 6.42. The van der Waals surface area contributed by atoms with Crippen molar-refractivity contribution in [3.8, 4) is 0 Å². The molecule has 7 heteroatoms. The average molecular weight is 506 g/mol. The third-order valence-corrected chi connectivity index (χ3v) is 7.61. The van der Waals surface area contributed by atoms with Crippen LogP contribution in [0.5, 0.6) is 0 Å². The molecule has 38 heavy (non-hydrogen) atoms. The summed E-state index contributed by atoms with van der Waals surface area (Å²) in [6.45, 7) is 1.59. The number of likely N-dealkylation sites (tertiary alicyclic amines) is 1. The van der Waals surface area contributed by atoms with Crippen molar-refractivity contribution >= 4 is 34.3 Å². The van der Waals surface area contributed by atoms with Crippen LogP contribution in [0.25, 0.3) is 10.9 Å². The van der Waals surface area contributed by atoms with Gasteiger partial charge < -0.3 is 14.7 Å². The summed E-state index contributed by atoms with van der Waals surface area (Å²) >= 11 is 0. The van der Waals surface area contributed by atoms with Crippen LogP contribution in [-0.2, 0) is 6.54 Å². The smallest absolute Gasteiger partial charge is 0.323 e. The van der Waals surface area contributed by atoms with E-state index >= 15 is 0 Å². The number of rotatable bonds is 4. The molecule has 1 aromatic heterocycles. The first-order valence-electron chi connectivity index (χ1n) is 13.1. The van der Waals surface area contributed by atoms with Crippen molar-refractivity contribution in [1.82, 2.24) is 19.7 Å². The number of benzene rings is 3. The minimum atomic E-state index is -0.0514. The highest BCUT2D eigenvalue weighted by Gasteiger charge is 2.45. The number of nitrogens with zero attached hydrogens (tertiary/aromatic N) is 5. The van der Waals surface area contributed by atoms with E-state index in [1.807, 2.05) is 102 Å². The van der Waals surface area contributed by atoms with Gasteiger partial charge in [-0.1, -0.05) is 48.5 Å². The van der Waals surface area contributed by atoms with E-state index in [9.17, 15) is 9.59 Å². The van der Waals surface area contributed by atoms with Gasteiger partial charge in [-0.2, -0.15) is 0 Å². The second-order valence-electron chi connectivity index (χ2n) is 10.2. The molecule has 0 aliphatic carbocycles. The molecule has 7 nitrogen and oxygen atoms in total. The summed E-state index contributed by atoms with van der Waals surface area (Å²) in [4.78, 5) is 39.4. The zero-order valence-corrected chi connectivity index (χ0v) is 21.5. The van der Waals surface area contributed by atoms with Gasteiger partial charge in [0.05, 0.1) is 29.0 Å². The van der Waals surface area contributed by atoms with Crippen LogP contribution in [0, 0.1) is 0 Å². The minimum absolute atomic E-state index is 0.0156. The Hall–Kier alpha value is -4.39. The number of carbonyl (C=O) groups excluding carboxylic acids is 2. The minimum Gasteiger partial charge on any atom is -0.323 e. The number of hydrogen-bond acceptors (Lipinski definition) is 3. The summed E-state index contributed by atoms with van der Waals surface area (Å²) < 4.78 is 0. The van der Waals surface area contributed by atoms with Gasteiger partial charge in [0, 0.05) is 38.3 Å². The Morgan fingerprint density at radius 2 is 1.45 bits per heavy atom. The van der Waals surface area contributed by atoms with Crippen molar-refractivity contribution in [2.24, 2.45) is 0 Å². The van der Waals surface area contributed by atoms with E-state index in [-0.39, 0.29) is 24.1 Å². The zero-order chi connectivity index (χ0) is 26.1. The summed E-state index contributed by atoms with van der Waals surface area (Å²) in [7, 11) is 1.86. The zero-order valence-electron chi connectivity index (χ0n) is 21.5. The summed E-state index contributed by atoms with van der Waals surface area (Å²) in [5.74, 6) is 0. The van der Waals surface area contributed by atoms with E-state index in [1.54, 1.807) is 16.0 Å². The highest BCUT2D eigenvalue weighted by molar-refractivity contribution is 5.99. The maximum absolute atomic E-state index is 13.9. The van der Waals surface area contributed by atoms with Gasteiger partial charge >= 0.3 is 12.1 Å². The Balaban J connectivity index is 1.17. The molecule has 0 N–H and O–H groups in total. The van der Waals surface area contributed by atoms with Crippen LogP contribution in [0.3, 0.4) is 0 Å². The fourth-order valence-electron chi connectivity index (χ4n) is 5.80. The van der Waals surface area contributed by atoms with Gasteiger partial charge in [-0.15, -0.1) is 0 Å². The molecular formula is C31H31N5O2. The van der Waals surface area contributed by atoms with Crippen LogP contribution in [0.4, 0.5) is 21.0 Å². The topological polar surface area (TPSA) is 60.0 Å². The van der Waals surface area contributed by atoms with E-state index < -0.39 is 0 Å².